The summed E-state index contributed by atoms with van der Waals surface area (Å²) >= 11 is 1.19. The largest absolute Gasteiger partial charge is 0.508 e. The molecule has 13 rings (SSSR count). The second-order valence-corrected chi connectivity index (χ2v) is 33.6. The molecule has 24 N–H and O–H groups in total. The van der Waals surface area contributed by atoms with Gasteiger partial charge in [0, 0.05) is 137 Å². The quantitative estimate of drug-likeness (QED) is 0.0233. The predicted molar refractivity (Wildman–Crippen MR) is 491 cm³/mol. The van der Waals surface area contributed by atoms with E-state index in [0.717, 1.165) is 0 Å². The van der Waals surface area contributed by atoms with Crippen LogP contribution in [0.15, 0.2) is 143 Å². The standard InChI is InChI=1S/C91H101N21O20S/c92-29-3-1-5-66-85(127)106-70(35-47-7-15-56(113)16-8-47)87(129)107-71(79(95)121)46-133-45-52-11-12-53(37-62(52)82(124)102-66)99-74(116)43-97-80(122)48-25-31-111(32-26-48)90-108-89(101-55-13-19-59(63(38-55)88(130)131)77-60-20-17-57(114)40-72(60)132-73-41-58(115)18-21-61(73)77)109-91(110-90)112-33-27-49(28-34-112)81(123)98-44-75(117)100-54-14-22-65-64(39-54)83(125)103-68(23-24-76(118)119)86(128)104-67(6-2-4-30-93)84(126)105-69-36-50(78(94)120)9-10-51(69)42-96-65/h7-22,36-41,48-49,66-68,70-71,96,113-114H,1-6,23-35,42-46,92-93H2,(H2,94,120)(H2,95,121)(H,97,122)(H,98,123)(H,99,116)(H,100,117)(H,102,124)(H,103,125)(H,104,128)(H,105,126)(H,106,127)(H,107,129)(H,118,119)(H,130,131)(H,101,108,109,110)/t66-,67-,68-,70-,71-/m0/s1. The number of hydrogen-bond donors (Lipinski definition) is 20. The topological polar surface area (TPSA) is 644 Å². The third kappa shape index (κ3) is 24.8. The van der Waals surface area contributed by atoms with Crippen molar-refractivity contribution in [2.24, 2.45) is 34.8 Å². The fraction of sp³-hybridized carbons (Fsp3) is 0.341. The highest BCUT2D eigenvalue weighted by Gasteiger charge is 2.36. The Morgan fingerprint density at radius 2 is 1.09 bits per heavy atom. The van der Waals surface area contributed by atoms with Crippen molar-refractivity contribution in [2.75, 3.05) is 94.5 Å². The Morgan fingerprint density at radius 3 is 1.70 bits per heavy atom. The summed E-state index contributed by atoms with van der Waals surface area (Å²) in [6.07, 6.45) is 1.92. The van der Waals surface area contributed by atoms with Crippen LogP contribution in [0.2, 0.25) is 0 Å². The highest BCUT2D eigenvalue weighted by molar-refractivity contribution is 7.98. The maximum absolute atomic E-state index is 14.5. The number of nitrogens with zero attached hydrogens (tertiary/aromatic N) is 5. The van der Waals surface area contributed by atoms with Crippen molar-refractivity contribution in [2.45, 2.75) is 126 Å². The number of fused-ring (bicyclic) bond motifs is 5. The summed E-state index contributed by atoms with van der Waals surface area (Å²) < 4.78 is 6.04. The Kier molecular flexibility index (Phi) is 31.4. The van der Waals surface area contributed by atoms with E-state index >= 15 is 0 Å². The van der Waals surface area contributed by atoms with Gasteiger partial charge in [-0.1, -0.05) is 30.3 Å². The number of rotatable bonds is 29. The number of carbonyl (C=O) groups is 14. The van der Waals surface area contributed by atoms with E-state index in [4.69, 9.17) is 42.3 Å². The highest BCUT2D eigenvalue weighted by Crippen LogP contribution is 2.43. The minimum absolute atomic E-state index is 0.0258. The van der Waals surface area contributed by atoms with E-state index < -0.39 is 151 Å². The van der Waals surface area contributed by atoms with Gasteiger partial charge in [-0.3, -0.25) is 67.1 Å². The second-order valence-electron chi connectivity index (χ2n) is 32.6. The number of carbonyl (C=O) groups excluding carboxylic acids is 12. The van der Waals surface area contributed by atoms with Crippen LogP contribution in [0.4, 0.5) is 46.3 Å². The van der Waals surface area contributed by atoms with Crippen molar-refractivity contribution >= 4 is 152 Å². The lowest BCUT2D eigenvalue weighted by atomic mass is 9.90. The molecule has 6 heterocycles. The van der Waals surface area contributed by atoms with Crippen molar-refractivity contribution in [1.29, 1.82) is 0 Å². The number of thioether (sulfide) groups is 1. The molecule has 133 heavy (non-hydrogen) atoms. The number of benzene rings is 7. The smallest absolute Gasteiger partial charge is 0.336 e. The monoisotopic (exact) mass is 1840 g/mol. The molecular weight excluding hydrogens is 1740 g/mol. The van der Waals surface area contributed by atoms with Crippen molar-refractivity contribution in [3.8, 4) is 33.9 Å². The number of amides is 12. The van der Waals surface area contributed by atoms with Crippen molar-refractivity contribution in [3.05, 3.63) is 183 Å². The number of nitrogens with one attached hydrogen (secondary N) is 12. The first-order valence-corrected chi connectivity index (χ1v) is 44.4. The number of phenols is 2. The average molecular weight is 1840 g/mol. The fourth-order valence-corrected chi connectivity index (χ4v) is 17.1. The number of nitrogens with two attached hydrogens (primary N) is 4. The van der Waals surface area contributed by atoms with Crippen LogP contribution in [-0.4, -0.2) is 207 Å². The molecule has 2 saturated heterocycles. The summed E-state index contributed by atoms with van der Waals surface area (Å²) in [4.78, 5) is 222. The zero-order valence-electron chi connectivity index (χ0n) is 72.0. The van der Waals surface area contributed by atoms with E-state index in [-0.39, 0.29) is 198 Å². The molecule has 2 fully saturated rings. The van der Waals surface area contributed by atoms with E-state index in [1.165, 1.54) is 96.7 Å². The molecule has 6 aromatic carbocycles. The molecule has 12 amide bonds. The van der Waals surface area contributed by atoms with E-state index in [9.17, 15) is 92.3 Å². The summed E-state index contributed by atoms with van der Waals surface area (Å²) in [5.41, 5.74) is 25.9. The van der Waals surface area contributed by atoms with Gasteiger partial charge in [-0.25, -0.2) is 4.79 Å². The first-order chi connectivity index (χ1) is 63.9. The molecular formula is C91H101N21O20S. The van der Waals surface area contributed by atoms with Crippen LogP contribution < -0.4 is 102 Å². The normalized spacial score (nSPS) is 17.8. The number of carboxylic acids is 2. The van der Waals surface area contributed by atoms with Crippen LogP contribution >= 0.6 is 11.8 Å². The number of primary amides is 2. The number of aromatic carboxylic acids is 1. The van der Waals surface area contributed by atoms with Gasteiger partial charge in [0.05, 0.1) is 24.2 Å². The number of aliphatic carboxylic acids is 1. The Balaban J connectivity index is 0.689. The summed E-state index contributed by atoms with van der Waals surface area (Å²) in [6.45, 7) is 0.280. The number of phenolic OH excluding ortho intramolecular Hbond substituents is 2. The summed E-state index contributed by atoms with van der Waals surface area (Å²) in [6, 6.07) is 25.8. The first-order valence-electron chi connectivity index (χ1n) is 43.2. The number of hydrogen-bond acceptors (Lipinski definition) is 28. The van der Waals surface area contributed by atoms with Gasteiger partial charge in [0.25, 0.3) is 11.8 Å². The Labute approximate surface area is 764 Å². The number of anilines is 8. The summed E-state index contributed by atoms with van der Waals surface area (Å²) in [5.74, 6) is -12.0. The van der Waals surface area contributed by atoms with Crippen LogP contribution in [-0.2, 0) is 66.7 Å². The summed E-state index contributed by atoms with van der Waals surface area (Å²) in [7, 11) is 0. The van der Waals surface area contributed by atoms with Gasteiger partial charge in [-0.2, -0.15) is 26.7 Å². The Morgan fingerprint density at radius 1 is 0.526 bits per heavy atom. The minimum atomic E-state index is -1.49. The third-order valence-corrected chi connectivity index (χ3v) is 24.2. The molecule has 0 radical (unpaired) electrons. The van der Waals surface area contributed by atoms with Gasteiger partial charge in [-0.05, 0) is 197 Å². The SMILES string of the molecule is NCCCC[C@@H]1NC(=O)c2cc(NC(=O)CNC(=O)C3CCN(c4nc(Nc5ccc(-c6c7ccc(=O)cc-7oc7cc(O)ccc67)c(C(=O)O)c5)nc(N5CCC(C(=O)NCC(=O)Nc6ccc7c(c6)C(=O)N[C@@H](CCC(=O)O)C(=O)N[C@@H](CCCCN)C(=O)Nc6cc(C(N)=O)ccc6CN7)CC5)n4)CC3)ccc2CSC[C@@H](C(N)=O)NC(=O)[C@H](Cc2ccc(O)cc2)NC1=O. The number of carboxylic acid groups (broad SMARTS) is 2. The fourth-order valence-electron chi connectivity index (χ4n) is 16.0. The third-order valence-electron chi connectivity index (χ3n) is 23.1. The molecule has 5 atom stereocenters. The number of aromatic nitrogens is 3. The van der Waals surface area contributed by atoms with Crippen LogP contribution in [0, 0.1) is 11.8 Å². The molecule has 0 saturated carbocycles. The number of piperidine rings is 2. The lowest BCUT2D eigenvalue weighted by Gasteiger charge is -2.34. The van der Waals surface area contributed by atoms with E-state index in [1.807, 2.05) is 9.80 Å². The lowest BCUT2D eigenvalue weighted by molar-refractivity contribution is -0.137. The summed E-state index contributed by atoms with van der Waals surface area (Å²) in [5, 5.41) is 74.9. The maximum atomic E-state index is 14.5. The van der Waals surface area contributed by atoms with Gasteiger partial charge >= 0.3 is 11.9 Å². The molecule has 696 valence electrons. The Bertz CT molecular complexity index is 6000. The van der Waals surface area contributed by atoms with E-state index in [0.29, 0.717) is 65.4 Å². The highest BCUT2D eigenvalue weighted by atomic mass is 32.2. The van der Waals surface area contributed by atoms with Gasteiger partial charge < -0.3 is 121 Å². The van der Waals surface area contributed by atoms with Crippen LogP contribution in [0.1, 0.15) is 135 Å². The maximum Gasteiger partial charge on any atom is 0.336 e. The van der Waals surface area contributed by atoms with Gasteiger partial charge in [0.15, 0.2) is 5.43 Å². The van der Waals surface area contributed by atoms with Gasteiger partial charge in [0.2, 0.25) is 76.9 Å². The van der Waals surface area contributed by atoms with Crippen molar-refractivity contribution < 1.29 is 92.0 Å². The molecule has 7 aromatic rings. The number of unbranched alkanes of at least 4 members (excludes halogenated alkanes) is 2. The zero-order chi connectivity index (χ0) is 94.7. The molecule has 0 bridgehead atoms. The Hall–Kier alpha value is -15.3. The lowest BCUT2D eigenvalue weighted by Crippen LogP contribution is -2.57. The van der Waals surface area contributed by atoms with Crippen LogP contribution in [0.3, 0.4) is 0 Å². The zero-order valence-corrected chi connectivity index (χ0v) is 72.8. The molecule has 1 aliphatic carbocycles. The minimum Gasteiger partial charge on any atom is -0.508 e. The van der Waals surface area contributed by atoms with Crippen LogP contribution in [0.25, 0.3) is 33.4 Å². The first kappa shape index (κ1) is 95.3. The molecule has 6 aliphatic rings. The van der Waals surface area contributed by atoms with Crippen molar-refractivity contribution in [1.82, 2.24) is 52.2 Å². The van der Waals surface area contributed by atoms with Gasteiger partial charge in [0.1, 0.15) is 53.1 Å². The predicted octanol–water partition coefficient (Wildman–Crippen LogP) is 3.96. The average Bonchev–Trinajstić information content (AvgIpc) is 0.744. The van der Waals surface area contributed by atoms with Crippen molar-refractivity contribution in [3.63, 3.8) is 0 Å². The van der Waals surface area contributed by atoms with Gasteiger partial charge in [-0.15, -0.1) is 0 Å². The van der Waals surface area contributed by atoms with Crippen LogP contribution in [0.5, 0.6) is 11.5 Å². The van der Waals surface area contributed by atoms with E-state index in [1.54, 1.807) is 48.5 Å². The molecule has 0 spiro atoms. The number of aromatic hydroxyl groups is 2. The molecule has 41 nitrogen and oxygen atoms in total. The molecule has 42 heteroatoms. The molecule has 0 unspecified atom stereocenters. The molecule has 1 aromatic heterocycles. The second kappa shape index (κ2) is 43.9. The molecule has 5 aliphatic heterocycles. The van der Waals surface area contributed by atoms with E-state index in [2.05, 4.69) is 63.8 Å².